The summed E-state index contributed by atoms with van der Waals surface area (Å²) in [6, 6.07) is 0. The molecule has 122 valence electrons. The van der Waals surface area contributed by atoms with Crippen LogP contribution in [0.3, 0.4) is 0 Å². The zero-order valence-electron chi connectivity index (χ0n) is 13.6. The zero-order valence-corrected chi connectivity index (χ0v) is 14.4. The quantitative estimate of drug-likeness (QED) is 0.565. The highest BCUT2D eigenvalue weighted by atomic mass is 32.1. The van der Waals surface area contributed by atoms with E-state index in [9.17, 15) is 0 Å². The van der Waals surface area contributed by atoms with Crippen molar-refractivity contribution in [3.8, 4) is 0 Å². The summed E-state index contributed by atoms with van der Waals surface area (Å²) >= 11 is 1.73. The van der Waals surface area contributed by atoms with E-state index in [2.05, 4.69) is 27.5 Å². The Morgan fingerprint density at radius 1 is 1.14 bits per heavy atom. The predicted molar refractivity (Wildman–Crippen MR) is 87.8 cm³/mol. The van der Waals surface area contributed by atoms with Crippen LogP contribution >= 0.6 is 11.3 Å². The van der Waals surface area contributed by atoms with Crippen LogP contribution in [0.1, 0.15) is 31.5 Å². The molecule has 0 aliphatic rings. The molecule has 0 aromatic carbocycles. The number of hydrogen-bond acceptors (Lipinski definition) is 6. The van der Waals surface area contributed by atoms with Gasteiger partial charge in [-0.15, -0.1) is 11.3 Å². The molecule has 1 heterocycles. The standard InChI is InChI=1S/C15H29N3O2S/c1-4-16-11-15-17-14(13-21-15)12-18(7-9-19-5-2)8-10-20-6-3/h13,16H,4-12H2,1-3H3. The number of aromatic nitrogens is 1. The highest BCUT2D eigenvalue weighted by molar-refractivity contribution is 7.09. The molecule has 1 aromatic heterocycles. The van der Waals surface area contributed by atoms with E-state index in [1.165, 1.54) is 0 Å². The fraction of sp³-hybridized carbons (Fsp3) is 0.800. The van der Waals surface area contributed by atoms with E-state index in [-0.39, 0.29) is 0 Å². The molecule has 0 unspecified atom stereocenters. The van der Waals surface area contributed by atoms with E-state index >= 15 is 0 Å². The number of hydrogen-bond donors (Lipinski definition) is 1. The van der Waals surface area contributed by atoms with Crippen molar-refractivity contribution in [1.29, 1.82) is 0 Å². The molecule has 1 aromatic rings. The maximum Gasteiger partial charge on any atom is 0.107 e. The van der Waals surface area contributed by atoms with Crippen LogP contribution in [0, 0.1) is 0 Å². The lowest BCUT2D eigenvalue weighted by Crippen LogP contribution is -2.31. The van der Waals surface area contributed by atoms with Gasteiger partial charge in [0, 0.05) is 44.8 Å². The molecule has 0 saturated carbocycles. The Kier molecular flexibility index (Phi) is 10.6. The Balaban J connectivity index is 2.43. The molecular formula is C15H29N3O2S. The topological polar surface area (TPSA) is 46.6 Å². The lowest BCUT2D eigenvalue weighted by atomic mass is 10.4. The smallest absolute Gasteiger partial charge is 0.107 e. The van der Waals surface area contributed by atoms with Crippen molar-refractivity contribution in [2.75, 3.05) is 46.1 Å². The molecular weight excluding hydrogens is 286 g/mol. The minimum atomic E-state index is 0.761. The van der Waals surface area contributed by atoms with Crippen molar-refractivity contribution >= 4 is 11.3 Å². The summed E-state index contributed by atoms with van der Waals surface area (Å²) in [5.41, 5.74) is 1.14. The van der Waals surface area contributed by atoms with Gasteiger partial charge in [0.05, 0.1) is 18.9 Å². The summed E-state index contributed by atoms with van der Waals surface area (Å²) in [7, 11) is 0. The monoisotopic (exact) mass is 315 g/mol. The Bertz CT molecular complexity index is 350. The van der Waals surface area contributed by atoms with E-state index in [1.807, 2.05) is 13.8 Å². The van der Waals surface area contributed by atoms with E-state index in [0.717, 1.165) is 69.9 Å². The molecule has 1 rings (SSSR count). The summed E-state index contributed by atoms with van der Waals surface area (Å²) < 4.78 is 10.9. The second-order valence-electron chi connectivity index (χ2n) is 4.68. The average Bonchev–Trinajstić information content (AvgIpc) is 2.93. The Morgan fingerprint density at radius 2 is 1.81 bits per heavy atom. The first-order valence-electron chi connectivity index (χ1n) is 7.81. The normalized spacial score (nSPS) is 11.4. The molecule has 0 amide bonds. The third-order valence-electron chi connectivity index (χ3n) is 3.02. The number of thiazole rings is 1. The first-order valence-corrected chi connectivity index (χ1v) is 8.69. The Morgan fingerprint density at radius 3 is 2.38 bits per heavy atom. The largest absolute Gasteiger partial charge is 0.380 e. The van der Waals surface area contributed by atoms with Gasteiger partial charge in [-0.05, 0) is 20.4 Å². The SMILES string of the molecule is CCNCc1nc(CN(CCOCC)CCOCC)cs1. The van der Waals surface area contributed by atoms with Crippen LogP contribution in [0.5, 0.6) is 0 Å². The summed E-state index contributed by atoms with van der Waals surface area (Å²) in [6.45, 7) is 13.8. The van der Waals surface area contributed by atoms with Crippen molar-refractivity contribution in [2.24, 2.45) is 0 Å². The Hall–Kier alpha value is -0.530. The van der Waals surface area contributed by atoms with Gasteiger partial charge in [-0.25, -0.2) is 4.98 Å². The van der Waals surface area contributed by atoms with Gasteiger partial charge in [-0.3, -0.25) is 4.90 Å². The van der Waals surface area contributed by atoms with E-state index < -0.39 is 0 Å². The number of ether oxygens (including phenoxy) is 2. The molecule has 21 heavy (non-hydrogen) atoms. The van der Waals surface area contributed by atoms with E-state index in [0.29, 0.717) is 0 Å². The zero-order chi connectivity index (χ0) is 15.3. The van der Waals surface area contributed by atoms with E-state index in [1.54, 1.807) is 11.3 Å². The minimum absolute atomic E-state index is 0.761. The van der Waals surface area contributed by atoms with Crippen molar-refractivity contribution in [1.82, 2.24) is 15.2 Å². The highest BCUT2D eigenvalue weighted by Gasteiger charge is 2.09. The summed E-state index contributed by atoms with van der Waals surface area (Å²) in [4.78, 5) is 7.02. The molecule has 0 radical (unpaired) electrons. The van der Waals surface area contributed by atoms with Gasteiger partial charge in [-0.2, -0.15) is 0 Å². The first-order chi connectivity index (χ1) is 10.3. The first kappa shape index (κ1) is 18.5. The van der Waals surface area contributed by atoms with Crippen LogP contribution < -0.4 is 5.32 Å². The van der Waals surface area contributed by atoms with Crippen LogP contribution in [0.15, 0.2) is 5.38 Å². The second kappa shape index (κ2) is 12.1. The summed E-state index contributed by atoms with van der Waals surface area (Å²) in [6.07, 6.45) is 0. The fourth-order valence-corrected chi connectivity index (χ4v) is 2.66. The van der Waals surface area contributed by atoms with Crippen molar-refractivity contribution in [2.45, 2.75) is 33.9 Å². The van der Waals surface area contributed by atoms with Gasteiger partial charge in [0.2, 0.25) is 0 Å². The van der Waals surface area contributed by atoms with E-state index in [4.69, 9.17) is 9.47 Å². The molecule has 1 N–H and O–H groups in total. The summed E-state index contributed by atoms with van der Waals surface area (Å²) in [5, 5.41) is 6.62. The molecule has 5 nitrogen and oxygen atoms in total. The average molecular weight is 315 g/mol. The molecule has 6 heteroatoms. The van der Waals surface area contributed by atoms with Crippen LogP contribution in [-0.4, -0.2) is 55.9 Å². The summed E-state index contributed by atoms with van der Waals surface area (Å²) in [5.74, 6) is 0. The van der Waals surface area contributed by atoms with Gasteiger partial charge in [0.1, 0.15) is 5.01 Å². The van der Waals surface area contributed by atoms with Crippen molar-refractivity contribution in [3.05, 3.63) is 16.1 Å². The highest BCUT2D eigenvalue weighted by Crippen LogP contribution is 2.11. The predicted octanol–water partition coefficient (Wildman–Crippen LogP) is 2.13. The van der Waals surface area contributed by atoms with Crippen LogP contribution in [0.25, 0.3) is 0 Å². The van der Waals surface area contributed by atoms with Gasteiger partial charge in [0.25, 0.3) is 0 Å². The molecule has 0 atom stereocenters. The molecule has 0 aliphatic heterocycles. The van der Waals surface area contributed by atoms with Crippen LogP contribution in [-0.2, 0) is 22.6 Å². The van der Waals surface area contributed by atoms with Crippen LogP contribution in [0.4, 0.5) is 0 Å². The lowest BCUT2D eigenvalue weighted by molar-refractivity contribution is 0.0793. The molecule has 0 saturated heterocycles. The fourth-order valence-electron chi connectivity index (χ4n) is 1.91. The molecule has 0 aliphatic carbocycles. The maximum atomic E-state index is 5.46. The number of nitrogens with one attached hydrogen (secondary N) is 1. The van der Waals surface area contributed by atoms with Crippen LogP contribution in [0.2, 0.25) is 0 Å². The van der Waals surface area contributed by atoms with Gasteiger partial charge < -0.3 is 14.8 Å². The van der Waals surface area contributed by atoms with Gasteiger partial charge in [0.15, 0.2) is 0 Å². The number of nitrogens with zero attached hydrogens (tertiary/aromatic N) is 2. The molecule has 0 bridgehead atoms. The molecule has 0 spiro atoms. The van der Waals surface area contributed by atoms with Crippen molar-refractivity contribution in [3.63, 3.8) is 0 Å². The Labute approximate surface area is 132 Å². The number of rotatable bonds is 13. The minimum Gasteiger partial charge on any atom is -0.380 e. The third-order valence-corrected chi connectivity index (χ3v) is 3.92. The van der Waals surface area contributed by atoms with Gasteiger partial charge >= 0.3 is 0 Å². The third kappa shape index (κ3) is 8.48. The lowest BCUT2D eigenvalue weighted by Gasteiger charge is -2.21. The maximum absolute atomic E-state index is 5.46. The van der Waals surface area contributed by atoms with Crippen molar-refractivity contribution < 1.29 is 9.47 Å². The van der Waals surface area contributed by atoms with Gasteiger partial charge in [-0.1, -0.05) is 6.92 Å². The second-order valence-corrected chi connectivity index (χ2v) is 5.63. The molecule has 0 fully saturated rings.